The van der Waals surface area contributed by atoms with Gasteiger partial charge in [-0.2, -0.15) is 0 Å². The molecule has 1 unspecified atom stereocenters. The molecule has 1 atom stereocenters. The molecule has 0 fully saturated rings. The Hall–Kier alpha value is -1.96. The van der Waals surface area contributed by atoms with E-state index < -0.39 is 15.3 Å². The van der Waals surface area contributed by atoms with Crippen molar-refractivity contribution in [3.8, 4) is 0 Å². The summed E-state index contributed by atoms with van der Waals surface area (Å²) in [6.07, 6.45) is 1.74. The second-order valence-electron chi connectivity index (χ2n) is 5.62. The molecule has 1 N–H and O–H groups in total. The zero-order valence-corrected chi connectivity index (χ0v) is 14.6. The van der Waals surface area contributed by atoms with Gasteiger partial charge in [-0.3, -0.25) is 4.79 Å². The molecule has 1 aromatic carbocycles. The average molecular weight is 350 g/mol. The van der Waals surface area contributed by atoms with Crippen molar-refractivity contribution in [2.75, 3.05) is 13.7 Å². The van der Waals surface area contributed by atoms with Crippen molar-refractivity contribution in [2.24, 2.45) is 0 Å². The van der Waals surface area contributed by atoms with Gasteiger partial charge in [0.05, 0.1) is 18.4 Å². The Balaban J connectivity index is 1.97. The first-order valence-corrected chi connectivity index (χ1v) is 9.17. The van der Waals surface area contributed by atoms with Crippen LogP contribution in [0.3, 0.4) is 0 Å². The minimum atomic E-state index is -3.41. The number of nitrogens with one attached hydrogen (secondary N) is 1. The number of rotatable bonds is 8. The zero-order chi connectivity index (χ0) is 17.6. The molecule has 1 aromatic heterocycles. The molecule has 0 saturated heterocycles. The first-order chi connectivity index (χ1) is 11.4. The van der Waals surface area contributed by atoms with Gasteiger partial charge in [0.25, 0.3) is 5.56 Å². The molecule has 0 aliphatic carbocycles. The van der Waals surface area contributed by atoms with Crippen LogP contribution in [0.1, 0.15) is 18.1 Å². The largest absolute Gasteiger partial charge is 0.383 e. The standard InChI is InChI=1S/C17H22N2O4S/c1-14(13-23-2)24(21,22)18-11-15-6-8-16(9-7-15)12-19-10-4-3-5-17(19)20/h3-10,14,18H,11-13H2,1-2H3. The van der Waals surface area contributed by atoms with E-state index in [0.717, 1.165) is 11.1 Å². The van der Waals surface area contributed by atoms with E-state index in [0.29, 0.717) is 6.54 Å². The van der Waals surface area contributed by atoms with E-state index in [9.17, 15) is 13.2 Å². The van der Waals surface area contributed by atoms with E-state index >= 15 is 0 Å². The summed E-state index contributed by atoms with van der Waals surface area (Å²) in [5.41, 5.74) is 1.77. The highest BCUT2D eigenvalue weighted by atomic mass is 32.2. The predicted octanol–water partition coefficient (Wildman–Crippen LogP) is 1.35. The number of pyridine rings is 1. The molecule has 0 bridgehead atoms. The average Bonchev–Trinajstić information content (AvgIpc) is 2.56. The third-order valence-electron chi connectivity index (χ3n) is 3.68. The van der Waals surface area contributed by atoms with E-state index in [1.54, 1.807) is 23.8 Å². The zero-order valence-electron chi connectivity index (χ0n) is 13.8. The third-order valence-corrected chi connectivity index (χ3v) is 5.43. The molecule has 0 saturated carbocycles. The Morgan fingerprint density at radius 2 is 1.79 bits per heavy atom. The first kappa shape index (κ1) is 18.4. The predicted molar refractivity (Wildman–Crippen MR) is 93.3 cm³/mol. The minimum absolute atomic E-state index is 0.0542. The normalized spacial score (nSPS) is 12.9. The number of benzene rings is 1. The Morgan fingerprint density at radius 1 is 1.12 bits per heavy atom. The second-order valence-corrected chi connectivity index (χ2v) is 7.80. The molecule has 0 amide bonds. The molecule has 0 spiro atoms. The second kappa shape index (κ2) is 8.23. The van der Waals surface area contributed by atoms with Crippen LogP contribution in [0, 0.1) is 0 Å². The smallest absolute Gasteiger partial charge is 0.250 e. The maximum atomic E-state index is 12.0. The van der Waals surface area contributed by atoms with Gasteiger partial charge in [-0.25, -0.2) is 13.1 Å². The number of nitrogens with zero attached hydrogens (tertiary/aromatic N) is 1. The lowest BCUT2D eigenvalue weighted by molar-refractivity contribution is 0.200. The topological polar surface area (TPSA) is 77.4 Å². The van der Waals surface area contributed by atoms with Crippen LogP contribution in [0.4, 0.5) is 0 Å². The van der Waals surface area contributed by atoms with E-state index in [1.165, 1.54) is 13.2 Å². The van der Waals surface area contributed by atoms with Gasteiger partial charge in [0.15, 0.2) is 0 Å². The maximum absolute atomic E-state index is 12.0. The number of aromatic nitrogens is 1. The highest BCUT2D eigenvalue weighted by Gasteiger charge is 2.19. The van der Waals surface area contributed by atoms with Gasteiger partial charge in [-0.1, -0.05) is 30.3 Å². The van der Waals surface area contributed by atoms with E-state index in [1.807, 2.05) is 30.3 Å². The van der Waals surface area contributed by atoms with Gasteiger partial charge in [0.1, 0.15) is 0 Å². The fourth-order valence-electron chi connectivity index (χ4n) is 2.20. The monoisotopic (exact) mass is 350 g/mol. The number of hydrogen-bond acceptors (Lipinski definition) is 4. The van der Waals surface area contributed by atoms with Gasteiger partial charge in [0.2, 0.25) is 10.0 Å². The summed E-state index contributed by atoms with van der Waals surface area (Å²) in [4.78, 5) is 11.7. The molecule has 130 valence electrons. The van der Waals surface area contributed by atoms with Crippen LogP contribution in [-0.2, 0) is 27.8 Å². The molecule has 0 aliphatic rings. The highest BCUT2D eigenvalue weighted by Crippen LogP contribution is 2.07. The SMILES string of the molecule is COCC(C)S(=O)(=O)NCc1ccc(Cn2ccccc2=O)cc1. The van der Waals surface area contributed by atoms with Crippen molar-refractivity contribution in [2.45, 2.75) is 25.3 Å². The summed E-state index contributed by atoms with van der Waals surface area (Å²) >= 11 is 0. The summed E-state index contributed by atoms with van der Waals surface area (Å²) in [5, 5.41) is -0.605. The van der Waals surface area contributed by atoms with Crippen molar-refractivity contribution in [1.29, 1.82) is 0 Å². The number of sulfonamides is 1. The molecular formula is C17H22N2O4S. The fraction of sp³-hybridized carbons (Fsp3) is 0.353. The molecular weight excluding hydrogens is 328 g/mol. The van der Waals surface area contributed by atoms with Crippen LogP contribution in [-0.4, -0.2) is 32.0 Å². The molecule has 2 rings (SSSR count). The van der Waals surface area contributed by atoms with Crippen molar-refractivity contribution in [3.05, 3.63) is 70.1 Å². The van der Waals surface area contributed by atoms with Gasteiger partial charge in [0, 0.05) is 25.9 Å². The lowest BCUT2D eigenvalue weighted by Crippen LogP contribution is -2.34. The summed E-state index contributed by atoms with van der Waals surface area (Å²) in [6.45, 7) is 2.46. The van der Waals surface area contributed by atoms with E-state index in [-0.39, 0.29) is 18.7 Å². The van der Waals surface area contributed by atoms with Crippen LogP contribution in [0.5, 0.6) is 0 Å². The Bertz CT molecular complexity index is 813. The Kier molecular flexibility index (Phi) is 6.30. The van der Waals surface area contributed by atoms with Crippen LogP contribution < -0.4 is 10.3 Å². The summed E-state index contributed by atoms with van der Waals surface area (Å²) in [5.74, 6) is 0. The molecule has 6 nitrogen and oxygen atoms in total. The number of methoxy groups -OCH3 is 1. The van der Waals surface area contributed by atoms with Crippen molar-refractivity contribution >= 4 is 10.0 Å². The molecule has 0 radical (unpaired) electrons. The first-order valence-electron chi connectivity index (χ1n) is 7.63. The lowest BCUT2D eigenvalue weighted by Gasteiger charge is -2.13. The lowest BCUT2D eigenvalue weighted by atomic mass is 10.1. The van der Waals surface area contributed by atoms with Crippen LogP contribution in [0.25, 0.3) is 0 Å². The van der Waals surface area contributed by atoms with Gasteiger partial charge in [-0.15, -0.1) is 0 Å². The van der Waals surface area contributed by atoms with E-state index in [4.69, 9.17) is 4.74 Å². The maximum Gasteiger partial charge on any atom is 0.250 e. The van der Waals surface area contributed by atoms with Crippen LogP contribution >= 0.6 is 0 Å². The van der Waals surface area contributed by atoms with Gasteiger partial charge in [-0.05, 0) is 24.1 Å². The van der Waals surface area contributed by atoms with Gasteiger partial charge < -0.3 is 9.30 Å². The summed E-state index contributed by atoms with van der Waals surface area (Å²) in [7, 11) is -1.93. The highest BCUT2D eigenvalue weighted by molar-refractivity contribution is 7.90. The minimum Gasteiger partial charge on any atom is -0.383 e. The van der Waals surface area contributed by atoms with Crippen molar-refractivity contribution in [1.82, 2.24) is 9.29 Å². The molecule has 1 heterocycles. The van der Waals surface area contributed by atoms with Gasteiger partial charge >= 0.3 is 0 Å². The Morgan fingerprint density at radius 3 is 2.42 bits per heavy atom. The molecule has 24 heavy (non-hydrogen) atoms. The van der Waals surface area contributed by atoms with Crippen LogP contribution in [0.15, 0.2) is 53.5 Å². The molecule has 0 aliphatic heterocycles. The Labute approximate surface area is 142 Å². The number of hydrogen-bond donors (Lipinski definition) is 1. The van der Waals surface area contributed by atoms with Crippen molar-refractivity contribution in [3.63, 3.8) is 0 Å². The van der Waals surface area contributed by atoms with Crippen LogP contribution in [0.2, 0.25) is 0 Å². The summed E-state index contributed by atoms with van der Waals surface area (Å²) in [6, 6.07) is 12.5. The summed E-state index contributed by atoms with van der Waals surface area (Å²) < 4.78 is 33.1. The fourth-order valence-corrected chi connectivity index (χ4v) is 3.17. The molecule has 7 heteroatoms. The third kappa shape index (κ3) is 5.02. The number of ether oxygens (including phenoxy) is 1. The molecule has 2 aromatic rings. The van der Waals surface area contributed by atoms with Crippen molar-refractivity contribution < 1.29 is 13.2 Å². The van der Waals surface area contributed by atoms with E-state index in [2.05, 4.69) is 4.72 Å². The quantitative estimate of drug-likeness (QED) is 0.780.